The van der Waals surface area contributed by atoms with E-state index in [1.165, 1.54) is 0 Å². The van der Waals surface area contributed by atoms with Crippen molar-refractivity contribution in [3.8, 4) is 5.75 Å². The van der Waals surface area contributed by atoms with E-state index in [1.54, 1.807) is 18.9 Å². The predicted molar refractivity (Wildman–Crippen MR) is 77.2 cm³/mol. The third-order valence-corrected chi connectivity index (χ3v) is 4.14. The first-order valence-electron chi connectivity index (χ1n) is 5.44. The van der Waals surface area contributed by atoms with Gasteiger partial charge in [0.25, 0.3) is 0 Å². The van der Waals surface area contributed by atoms with Crippen molar-refractivity contribution in [3.05, 3.63) is 52.5 Å². The molecule has 0 saturated heterocycles. The highest BCUT2D eigenvalue weighted by molar-refractivity contribution is 9.10. The first-order valence-corrected chi connectivity index (χ1v) is 7.05. The number of rotatable bonds is 4. The normalized spacial score (nSPS) is 10.4. The molecule has 0 saturated carbocycles. The first kappa shape index (κ1) is 13.5. The fourth-order valence-corrected chi connectivity index (χ4v) is 3.17. The largest absolute Gasteiger partial charge is 0.496 e. The van der Waals surface area contributed by atoms with E-state index in [-0.39, 0.29) is 6.61 Å². The van der Waals surface area contributed by atoms with Crippen molar-refractivity contribution in [2.24, 2.45) is 0 Å². The second-order valence-corrected chi connectivity index (χ2v) is 5.66. The summed E-state index contributed by atoms with van der Waals surface area (Å²) in [6.45, 7) is 0.0325. The summed E-state index contributed by atoms with van der Waals surface area (Å²) in [6, 6.07) is 13.7. The van der Waals surface area contributed by atoms with Crippen molar-refractivity contribution in [2.75, 3.05) is 7.11 Å². The molecule has 0 amide bonds. The summed E-state index contributed by atoms with van der Waals surface area (Å²) in [4.78, 5) is 2.06. The van der Waals surface area contributed by atoms with Crippen LogP contribution in [0.2, 0.25) is 0 Å². The quantitative estimate of drug-likeness (QED) is 0.918. The van der Waals surface area contributed by atoms with Crippen molar-refractivity contribution >= 4 is 27.7 Å². The summed E-state index contributed by atoms with van der Waals surface area (Å²) in [5, 5.41) is 9.35. The molecule has 0 spiro atoms. The van der Waals surface area contributed by atoms with Gasteiger partial charge in [-0.05, 0) is 29.8 Å². The Bertz CT molecular complexity index is 543. The Hall–Kier alpha value is -0.970. The zero-order valence-corrected chi connectivity index (χ0v) is 12.3. The van der Waals surface area contributed by atoms with Crippen LogP contribution in [0.3, 0.4) is 0 Å². The van der Waals surface area contributed by atoms with Crippen molar-refractivity contribution in [3.63, 3.8) is 0 Å². The Morgan fingerprint density at radius 1 is 1.17 bits per heavy atom. The van der Waals surface area contributed by atoms with E-state index < -0.39 is 0 Å². The minimum Gasteiger partial charge on any atom is -0.496 e. The van der Waals surface area contributed by atoms with E-state index in [2.05, 4.69) is 15.9 Å². The van der Waals surface area contributed by atoms with E-state index in [0.717, 1.165) is 25.6 Å². The number of aliphatic hydroxyl groups is 1. The minimum atomic E-state index is 0.0325. The van der Waals surface area contributed by atoms with E-state index in [1.807, 2.05) is 42.5 Å². The molecule has 0 aromatic heterocycles. The topological polar surface area (TPSA) is 29.5 Å². The SMILES string of the molecule is COc1ccccc1Sc1cc(Br)ccc1CO. The van der Waals surface area contributed by atoms with Gasteiger partial charge >= 0.3 is 0 Å². The van der Waals surface area contributed by atoms with Gasteiger partial charge < -0.3 is 9.84 Å². The van der Waals surface area contributed by atoms with Gasteiger partial charge in [-0.25, -0.2) is 0 Å². The zero-order chi connectivity index (χ0) is 13.0. The molecule has 0 radical (unpaired) electrons. The van der Waals surface area contributed by atoms with E-state index >= 15 is 0 Å². The third-order valence-electron chi connectivity index (χ3n) is 2.49. The lowest BCUT2D eigenvalue weighted by Crippen LogP contribution is -1.89. The maximum atomic E-state index is 9.35. The Labute approximate surface area is 119 Å². The van der Waals surface area contributed by atoms with Crippen LogP contribution < -0.4 is 4.74 Å². The monoisotopic (exact) mass is 324 g/mol. The van der Waals surface area contributed by atoms with Crippen molar-refractivity contribution < 1.29 is 9.84 Å². The highest BCUT2D eigenvalue weighted by atomic mass is 79.9. The van der Waals surface area contributed by atoms with E-state index in [4.69, 9.17) is 4.74 Å². The van der Waals surface area contributed by atoms with Gasteiger partial charge in [0.15, 0.2) is 0 Å². The summed E-state index contributed by atoms with van der Waals surface area (Å²) in [6.07, 6.45) is 0. The molecule has 0 aliphatic heterocycles. The molecule has 2 nitrogen and oxygen atoms in total. The molecule has 0 aliphatic carbocycles. The van der Waals surface area contributed by atoms with Crippen molar-refractivity contribution in [1.29, 1.82) is 0 Å². The molecule has 94 valence electrons. The number of ether oxygens (including phenoxy) is 1. The second-order valence-electron chi connectivity index (χ2n) is 3.66. The average Bonchev–Trinajstić information content (AvgIpc) is 2.40. The highest BCUT2D eigenvalue weighted by Crippen LogP contribution is 2.37. The molecule has 0 unspecified atom stereocenters. The predicted octanol–water partition coefficient (Wildman–Crippen LogP) is 4.10. The fraction of sp³-hybridized carbons (Fsp3) is 0.143. The molecule has 4 heteroatoms. The van der Waals surface area contributed by atoms with Gasteiger partial charge in [0, 0.05) is 9.37 Å². The highest BCUT2D eigenvalue weighted by Gasteiger charge is 2.08. The van der Waals surface area contributed by atoms with Gasteiger partial charge in [0.1, 0.15) is 5.75 Å². The fourth-order valence-electron chi connectivity index (χ4n) is 1.58. The summed E-state index contributed by atoms with van der Waals surface area (Å²) in [5.41, 5.74) is 0.911. The molecule has 0 fully saturated rings. The Morgan fingerprint density at radius 3 is 2.67 bits per heavy atom. The smallest absolute Gasteiger partial charge is 0.132 e. The lowest BCUT2D eigenvalue weighted by atomic mass is 10.2. The van der Waals surface area contributed by atoms with Gasteiger partial charge in [-0.2, -0.15) is 0 Å². The van der Waals surface area contributed by atoms with Gasteiger partial charge in [-0.15, -0.1) is 0 Å². The molecule has 2 aromatic rings. The minimum absolute atomic E-state index is 0.0325. The number of hydrogen-bond acceptors (Lipinski definition) is 3. The molecule has 2 rings (SSSR count). The molecular weight excluding hydrogens is 312 g/mol. The molecule has 0 atom stereocenters. The van der Waals surface area contributed by atoms with Crippen molar-refractivity contribution in [1.82, 2.24) is 0 Å². The number of halogens is 1. The Morgan fingerprint density at radius 2 is 1.94 bits per heavy atom. The Balaban J connectivity index is 2.36. The molecule has 1 N–H and O–H groups in total. The Kier molecular flexibility index (Phi) is 4.69. The van der Waals surface area contributed by atoms with Gasteiger partial charge in [-0.1, -0.05) is 45.9 Å². The van der Waals surface area contributed by atoms with Crippen LogP contribution in [0.25, 0.3) is 0 Å². The maximum Gasteiger partial charge on any atom is 0.132 e. The average molecular weight is 325 g/mol. The van der Waals surface area contributed by atoms with Crippen LogP contribution in [-0.2, 0) is 6.61 Å². The van der Waals surface area contributed by atoms with Crippen LogP contribution in [0.5, 0.6) is 5.75 Å². The van der Waals surface area contributed by atoms with Gasteiger partial charge in [-0.3, -0.25) is 0 Å². The summed E-state index contributed by atoms with van der Waals surface area (Å²) >= 11 is 5.04. The lowest BCUT2D eigenvalue weighted by molar-refractivity contribution is 0.279. The molecule has 0 aliphatic rings. The van der Waals surface area contributed by atoms with Gasteiger partial charge in [0.2, 0.25) is 0 Å². The number of benzene rings is 2. The first-order chi connectivity index (χ1) is 8.74. The van der Waals surface area contributed by atoms with Crippen LogP contribution >= 0.6 is 27.7 Å². The van der Waals surface area contributed by atoms with E-state index in [9.17, 15) is 5.11 Å². The van der Waals surface area contributed by atoms with Crippen LogP contribution in [0.1, 0.15) is 5.56 Å². The zero-order valence-electron chi connectivity index (χ0n) is 9.89. The third kappa shape index (κ3) is 3.07. The van der Waals surface area contributed by atoms with Crippen LogP contribution in [0.4, 0.5) is 0 Å². The lowest BCUT2D eigenvalue weighted by Gasteiger charge is -2.10. The number of hydrogen-bond donors (Lipinski definition) is 1. The molecule has 2 aromatic carbocycles. The summed E-state index contributed by atoms with van der Waals surface area (Å²) in [5.74, 6) is 0.839. The standard InChI is InChI=1S/C14H13BrO2S/c1-17-12-4-2-3-5-13(12)18-14-8-11(15)7-6-10(14)9-16/h2-8,16H,9H2,1H3. The van der Waals surface area contributed by atoms with Gasteiger partial charge in [0.05, 0.1) is 18.6 Å². The number of aliphatic hydroxyl groups excluding tert-OH is 1. The maximum absolute atomic E-state index is 9.35. The summed E-state index contributed by atoms with van der Waals surface area (Å²) in [7, 11) is 1.66. The second kappa shape index (κ2) is 6.27. The van der Waals surface area contributed by atoms with Crippen LogP contribution in [0.15, 0.2) is 56.7 Å². The summed E-state index contributed by atoms with van der Waals surface area (Å²) < 4.78 is 6.32. The number of methoxy groups -OCH3 is 1. The number of para-hydroxylation sites is 1. The molecule has 0 heterocycles. The molecule has 18 heavy (non-hydrogen) atoms. The molecular formula is C14H13BrO2S. The van der Waals surface area contributed by atoms with Crippen molar-refractivity contribution in [2.45, 2.75) is 16.4 Å². The van der Waals surface area contributed by atoms with Crippen LogP contribution in [0, 0.1) is 0 Å². The van der Waals surface area contributed by atoms with Crippen LogP contribution in [-0.4, -0.2) is 12.2 Å². The van der Waals surface area contributed by atoms with E-state index in [0.29, 0.717) is 0 Å². The molecule has 0 bridgehead atoms.